The zero-order valence-electron chi connectivity index (χ0n) is 38.8. The predicted octanol–water partition coefficient (Wildman–Crippen LogP) is 16.8. The predicted molar refractivity (Wildman–Crippen MR) is 269 cm³/mol. The summed E-state index contributed by atoms with van der Waals surface area (Å²) < 4.78 is 7.76. The molecule has 0 amide bonds. The molecule has 0 bridgehead atoms. The van der Waals surface area contributed by atoms with Gasteiger partial charge in [-0.1, -0.05) is 19.3 Å². The van der Waals surface area contributed by atoms with E-state index in [1.807, 2.05) is 18.2 Å². The van der Waals surface area contributed by atoms with Gasteiger partial charge in [0, 0.05) is 7.92 Å². The van der Waals surface area contributed by atoms with Crippen LogP contribution in [0.1, 0.15) is 152 Å². The van der Waals surface area contributed by atoms with Gasteiger partial charge in [-0.25, -0.2) is 0 Å². The van der Waals surface area contributed by atoms with Gasteiger partial charge >= 0.3 is 263 Å². The number of aryl methyl sites for hydroxylation is 9. The fraction of sp³-hybridized carbons (Fsp3) is 0.491. The standard InChI is InChI=1S/C30H34N2.C18H33P.C7H6.2ClH.Ru/c1-18-10-21(4)28(22(5)11-18)27-16-31(29-23(6)12-19(2)13-24(29)7)17-32(27)30-25(8)14-20(3)15-26(30)9;1-4-10-16(11-5-1)19(17-12-6-2-7-13-17)18-14-8-3-9-15-18;1-7-5-3-2-4-6-7;;;/h10-16H,1-9H3;16-18H,1-15H2;1-6H;2*1H;/q;;;;;+2/p-1. The molecule has 0 spiro atoms. The van der Waals surface area contributed by atoms with E-state index >= 15 is 0 Å². The second kappa shape index (κ2) is 20.6. The molecule has 3 aliphatic rings. The summed E-state index contributed by atoms with van der Waals surface area (Å²) in [5, 5.41) is 0. The van der Waals surface area contributed by atoms with Crippen molar-refractivity contribution in [2.75, 3.05) is 0 Å². The van der Waals surface area contributed by atoms with Gasteiger partial charge in [-0.15, -0.1) is 0 Å². The third-order valence-electron chi connectivity index (χ3n) is 14.0. The maximum absolute atomic E-state index is 7.72. The molecule has 2 nitrogen and oxygen atoms in total. The van der Waals surface area contributed by atoms with E-state index < -0.39 is 11.9 Å². The summed E-state index contributed by atoms with van der Waals surface area (Å²) in [6.45, 7) is 19.6. The number of benzene rings is 4. The van der Waals surface area contributed by atoms with Crippen molar-refractivity contribution < 1.29 is 11.9 Å². The summed E-state index contributed by atoms with van der Waals surface area (Å²) in [5.41, 5.74) is 20.3. The number of hydrogen-bond acceptors (Lipinski definition) is 0. The first-order chi connectivity index (χ1) is 29.2. The molecule has 0 atom stereocenters. The van der Waals surface area contributed by atoms with Crippen molar-refractivity contribution in [1.82, 2.24) is 9.13 Å². The van der Waals surface area contributed by atoms with Gasteiger partial charge in [0.15, 0.2) is 0 Å². The number of hydrogen-bond donors (Lipinski definition) is 0. The Morgan fingerprint density at radius 1 is 0.508 bits per heavy atom. The molecule has 330 valence electrons. The fourth-order valence-electron chi connectivity index (χ4n) is 11.9. The van der Waals surface area contributed by atoms with Crippen LogP contribution in [0.2, 0.25) is 0 Å². The molecule has 0 N–H and O–H groups in total. The average molecular weight is 966 g/mol. The monoisotopic (exact) mass is 965 g/mol. The molecule has 1 aromatic heterocycles. The number of halogens is 2. The number of nitrogens with zero attached hydrogens (tertiary/aromatic N) is 2. The Balaban J connectivity index is 0.000000245. The Kier molecular flexibility index (Phi) is 15.7. The van der Waals surface area contributed by atoms with Gasteiger partial charge in [0.1, 0.15) is 0 Å². The SMILES string of the molecule is C1CCC([PH+](C2CCCCC2)C2CCCCC2)CC1.Cc1cc(C)c(-c2cn(-c3c(C)cc(C)cc3C)[c](=[Ru]([Cl])([Cl])=[CH]c3ccccc3)n2-c2c(C)cc(C)cc2C)c(C)c1. The summed E-state index contributed by atoms with van der Waals surface area (Å²) in [7, 11) is 15.4. The van der Waals surface area contributed by atoms with Crippen molar-refractivity contribution in [3.63, 3.8) is 0 Å². The molecular formula is C55H74Cl2N2PRu+. The molecule has 3 aliphatic carbocycles. The van der Waals surface area contributed by atoms with Crippen LogP contribution in [0.25, 0.3) is 22.6 Å². The number of imidazole rings is 1. The van der Waals surface area contributed by atoms with Crippen molar-refractivity contribution in [2.24, 2.45) is 0 Å². The Morgan fingerprint density at radius 2 is 0.885 bits per heavy atom. The van der Waals surface area contributed by atoms with E-state index in [2.05, 4.69) is 131 Å². The van der Waals surface area contributed by atoms with Gasteiger partial charge in [-0.3, -0.25) is 0 Å². The third kappa shape index (κ3) is 10.8. The van der Waals surface area contributed by atoms with Gasteiger partial charge in [0.25, 0.3) is 0 Å². The van der Waals surface area contributed by atoms with Crippen molar-refractivity contribution in [2.45, 2.75) is 176 Å². The van der Waals surface area contributed by atoms with Gasteiger partial charge in [-0.05, 0) is 77.0 Å². The summed E-state index contributed by atoms with van der Waals surface area (Å²) in [6, 6.07) is 23.8. The zero-order chi connectivity index (χ0) is 43.4. The van der Waals surface area contributed by atoms with Crippen molar-refractivity contribution in [3.8, 4) is 22.6 Å². The van der Waals surface area contributed by atoms with Crippen LogP contribution in [0, 0.1) is 66.3 Å². The molecule has 0 aliphatic heterocycles. The van der Waals surface area contributed by atoms with Crippen LogP contribution < -0.4 is 0 Å². The second-order valence-electron chi connectivity index (χ2n) is 19.2. The zero-order valence-corrected chi connectivity index (χ0v) is 43.1. The van der Waals surface area contributed by atoms with Crippen LogP contribution in [0.4, 0.5) is 0 Å². The molecule has 6 heteroatoms. The summed E-state index contributed by atoms with van der Waals surface area (Å²) in [5.74, 6) is 0. The van der Waals surface area contributed by atoms with Crippen LogP contribution in [-0.2, 0) is 11.9 Å². The molecular weight excluding hydrogens is 892 g/mol. The van der Waals surface area contributed by atoms with E-state index in [0.29, 0.717) is 0 Å². The fourth-order valence-corrected chi connectivity index (χ4v) is 22.7. The second-order valence-corrected chi connectivity index (χ2v) is 31.9. The van der Waals surface area contributed by atoms with Crippen LogP contribution in [0.5, 0.6) is 0 Å². The summed E-state index contributed by atoms with van der Waals surface area (Å²) in [4.78, 5) is 0. The van der Waals surface area contributed by atoms with E-state index in [4.69, 9.17) is 19.4 Å². The molecule has 0 radical (unpaired) electrons. The molecule has 5 aromatic rings. The quantitative estimate of drug-likeness (QED) is 0.114. The first-order valence-corrected chi connectivity index (χ1v) is 31.6. The Morgan fingerprint density at radius 3 is 1.30 bits per heavy atom. The molecule has 8 rings (SSSR count). The van der Waals surface area contributed by atoms with Crippen LogP contribution >= 0.6 is 27.3 Å². The molecule has 0 saturated heterocycles. The Bertz CT molecular complexity index is 2360. The van der Waals surface area contributed by atoms with E-state index in [1.54, 1.807) is 96.3 Å². The Hall–Kier alpha value is -2.41. The molecule has 0 unspecified atom stereocenters. The molecule has 1 heterocycles. The van der Waals surface area contributed by atoms with Gasteiger partial charge < -0.3 is 0 Å². The van der Waals surface area contributed by atoms with Crippen molar-refractivity contribution in [1.29, 1.82) is 0 Å². The number of rotatable bonds is 7. The van der Waals surface area contributed by atoms with E-state index in [-0.39, 0.29) is 7.92 Å². The first-order valence-electron chi connectivity index (χ1n) is 23.5. The van der Waals surface area contributed by atoms with E-state index in [9.17, 15) is 0 Å². The van der Waals surface area contributed by atoms with Gasteiger partial charge in [0.2, 0.25) is 0 Å². The molecule has 61 heavy (non-hydrogen) atoms. The van der Waals surface area contributed by atoms with Gasteiger partial charge in [-0.2, -0.15) is 0 Å². The topological polar surface area (TPSA) is 9.86 Å². The normalized spacial score (nSPS) is 17.3. The van der Waals surface area contributed by atoms with Crippen LogP contribution in [-0.4, -0.2) is 30.7 Å². The van der Waals surface area contributed by atoms with Crippen LogP contribution in [0.3, 0.4) is 0 Å². The van der Waals surface area contributed by atoms with E-state index in [0.717, 1.165) is 26.6 Å². The van der Waals surface area contributed by atoms with Gasteiger partial charge in [0.05, 0.1) is 17.0 Å². The van der Waals surface area contributed by atoms with Crippen LogP contribution in [0.15, 0.2) is 72.9 Å². The van der Waals surface area contributed by atoms with Crippen molar-refractivity contribution in [3.05, 3.63) is 133 Å². The molecule has 4 aromatic carbocycles. The third-order valence-corrected chi connectivity index (χ3v) is 24.0. The minimum atomic E-state index is -3.74. The first kappa shape index (κ1) is 46.6. The minimum absolute atomic E-state index is 0.0465. The average Bonchev–Trinajstić information content (AvgIpc) is 3.58. The van der Waals surface area contributed by atoms with Crippen molar-refractivity contribution >= 4 is 31.9 Å². The summed E-state index contributed by atoms with van der Waals surface area (Å²) in [6.07, 6.45) is 26.1. The Labute approximate surface area is 381 Å². The maximum atomic E-state index is 7.72. The number of aromatic nitrogens is 2. The van der Waals surface area contributed by atoms with E-state index in [1.165, 1.54) is 72.6 Å². The summed E-state index contributed by atoms with van der Waals surface area (Å²) >= 11 is -3.74. The molecule has 3 saturated carbocycles. The molecule has 3 fully saturated rings.